The predicted octanol–water partition coefficient (Wildman–Crippen LogP) is 3.60. The highest BCUT2D eigenvalue weighted by molar-refractivity contribution is 7.92. The number of carbonyl (C=O) groups is 2. The molecule has 2 aromatic carbocycles. The van der Waals surface area contributed by atoms with Crippen LogP contribution in [0.2, 0.25) is 0 Å². The Bertz CT molecular complexity index is 1220. The number of nitrogens with zero attached hydrogens (tertiary/aromatic N) is 2. The van der Waals surface area contributed by atoms with Gasteiger partial charge in [-0.05, 0) is 51.3 Å². The molecule has 1 N–H and O–H groups in total. The molecular formula is C27H37N3O6S. The van der Waals surface area contributed by atoms with E-state index in [-0.39, 0.29) is 31.0 Å². The van der Waals surface area contributed by atoms with Gasteiger partial charge < -0.3 is 19.7 Å². The molecule has 1 aliphatic rings. The van der Waals surface area contributed by atoms with E-state index in [0.717, 1.165) is 21.9 Å². The van der Waals surface area contributed by atoms with Gasteiger partial charge in [-0.25, -0.2) is 8.42 Å². The minimum atomic E-state index is -3.83. The number of anilines is 1. The van der Waals surface area contributed by atoms with Gasteiger partial charge in [0.2, 0.25) is 28.6 Å². The van der Waals surface area contributed by atoms with E-state index in [0.29, 0.717) is 23.6 Å². The summed E-state index contributed by atoms with van der Waals surface area (Å²) in [4.78, 5) is 28.6. The van der Waals surface area contributed by atoms with Gasteiger partial charge in [0.15, 0.2) is 11.5 Å². The van der Waals surface area contributed by atoms with Crippen LogP contribution >= 0.6 is 0 Å². The van der Waals surface area contributed by atoms with E-state index in [1.54, 1.807) is 18.2 Å². The van der Waals surface area contributed by atoms with Crippen LogP contribution in [0.1, 0.15) is 51.7 Å². The SMILES string of the molecule is CC[C@@H](C)NC(=O)[C@@H](CC)N(Cc1cccc(C)c1)C(=O)CN(c1ccc2c(c1)OCO2)S(=O)(=O)CC. The number of amides is 2. The lowest BCUT2D eigenvalue weighted by Gasteiger charge is -2.33. The van der Waals surface area contributed by atoms with Gasteiger partial charge in [-0.15, -0.1) is 0 Å². The third-order valence-corrected chi connectivity index (χ3v) is 8.19. The molecule has 2 amide bonds. The number of ether oxygens (including phenoxy) is 2. The second kappa shape index (κ2) is 12.3. The van der Waals surface area contributed by atoms with Crippen molar-refractivity contribution in [2.24, 2.45) is 0 Å². The molecule has 0 aromatic heterocycles. The van der Waals surface area contributed by atoms with Gasteiger partial charge in [-0.1, -0.05) is 43.7 Å². The summed E-state index contributed by atoms with van der Waals surface area (Å²) in [5, 5.41) is 2.97. The van der Waals surface area contributed by atoms with Gasteiger partial charge in [0.25, 0.3) is 0 Å². The van der Waals surface area contributed by atoms with E-state index >= 15 is 0 Å². The molecule has 1 aliphatic heterocycles. The highest BCUT2D eigenvalue weighted by atomic mass is 32.2. The fourth-order valence-electron chi connectivity index (χ4n) is 4.13. The van der Waals surface area contributed by atoms with E-state index < -0.39 is 28.5 Å². The first-order valence-electron chi connectivity index (χ1n) is 12.6. The van der Waals surface area contributed by atoms with Gasteiger partial charge in [0, 0.05) is 18.7 Å². The summed E-state index contributed by atoms with van der Waals surface area (Å²) in [5.74, 6) is 0.00126. The van der Waals surface area contributed by atoms with Crippen molar-refractivity contribution >= 4 is 27.5 Å². The number of hydrogen-bond acceptors (Lipinski definition) is 6. The lowest BCUT2D eigenvalue weighted by atomic mass is 10.1. The first-order chi connectivity index (χ1) is 17.6. The van der Waals surface area contributed by atoms with Gasteiger partial charge in [-0.3, -0.25) is 13.9 Å². The fraction of sp³-hybridized carbons (Fsp3) is 0.481. The average Bonchev–Trinajstić information content (AvgIpc) is 3.34. The number of sulfonamides is 1. The van der Waals surface area contributed by atoms with Crippen LogP contribution < -0.4 is 19.1 Å². The van der Waals surface area contributed by atoms with Gasteiger partial charge in [0.1, 0.15) is 12.6 Å². The largest absolute Gasteiger partial charge is 0.454 e. The Morgan fingerprint density at radius 2 is 1.76 bits per heavy atom. The third-order valence-electron chi connectivity index (χ3n) is 6.45. The van der Waals surface area contributed by atoms with E-state index in [4.69, 9.17) is 9.47 Å². The zero-order valence-electron chi connectivity index (χ0n) is 22.2. The summed E-state index contributed by atoms with van der Waals surface area (Å²) in [6.07, 6.45) is 1.13. The van der Waals surface area contributed by atoms with E-state index in [9.17, 15) is 18.0 Å². The van der Waals surface area contributed by atoms with Crippen LogP contribution in [0.15, 0.2) is 42.5 Å². The Morgan fingerprint density at radius 3 is 2.41 bits per heavy atom. The number of nitrogens with one attached hydrogen (secondary N) is 1. The van der Waals surface area contributed by atoms with E-state index in [2.05, 4.69) is 5.32 Å². The van der Waals surface area contributed by atoms with E-state index in [1.165, 1.54) is 11.8 Å². The summed E-state index contributed by atoms with van der Waals surface area (Å²) < 4.78 is 38.1. The van der Waals surface area contributed by atoms with Crippen molar-refractivity contribution < 1.29 is 27.5 Å². The molecular weight excluding hydrogens is 494 g/mol. The van der Waals surface area contributed by atoms with Crippen LogP contribution in [-0.4, -0.2) is 56.3 Å². The first kappa shape index (κ1) is 28.3. The molecule has 0 saturated heterocycles. The Kier molecular flexibility index (Phi) is 9.42. The van der Waals surface area contributed by atoms with Gasteiger partial charge in [0.05, 0.1) is 11.4 Å². The van der Waals surface area contributed by atoms with Crippen molar-refractivity contribution in [3.05, 3.63) is 53.6 Å². The predicted molar refractivity (Wildman–Crippen MR) is 143 cm³/mol. The minimum Gasteiger partial charge on any atom is -0.454 e. The molecule has 10 heteroatoms. The Hall–Kier alpha value is -3.27. The second-order valence-corrected chi connectivity index (χ2v) is 11.4. The molecule has 0 aliphatic carbocycles. The molecule has 2 atom stereocenters. The quantitative estimate of drug-likeness (QED) is 0.449. The van der Waals surface area contributed by atoms with Crippen molar-refractivity contribution in [2.45, 2.75) is 66.1 Å². The summed E-state index contributed by atoms with van der Waals surface area (Å²) in [6, 6.07) is 11.7. The summed E-state index contributed by atoms with van der Waals surface area (Å²) >= 11 is 0. The molecule has 0 bridgehead atoms. The van der Waals surface area contributed by atoms with Crippen LogP contribution in [0.5, 0.6) is 11.5 Å². The molecule has 1 heterocycles. The number of hydrogen-bond donors (Lipinski definition) is 1. The Labute approximate surface area is 219 Å². The number of benzene rings is 2. The van der Waals surface area contributed by atoms with Crippen LogP contribution in [0.3, 0.4) is 0 Å². The second-order valence-electron chi connectivity index (χ2n) is 9.20. The normalized spacial score (nSPS) is 14.1. The van der Waals surface area contributed by atoms with Crippen LogP contribution in [0.25, 0.3) is 0 Å². The fourth-order valence-corrected chi connectivity index (χ4v) is 5.18. The summed E-state index contributed by atoms with van der Waals surface area (Å²) in [5.41, 5.74) is 2.18. The lowest BCUT2D eigenvalue weighted by Crippen LogP contribution is -2.53. The number of aryl methyl sites for hydroxylation is 1. The molecule has 3 rings (SSSR count). The maximum atomic E-state index is 13.9. The van der Waals surface area contributed by atoms with Crippen molar-refractivity contribution in [3.8, 4) is 11.5 Å². The topological polar surface area (TPSA) is 105 Å². The highest BCUT2D eigenvalue weighted by Gasteiger charge is 2.33. The average molecular weight is 532 g/mol. The van der Waals surface area contributed by atoms with Crippen molar-refractivity contribution in [1.29, 1.82) is 0 Å². The Morgan fingerprint density at radius 1 is 1.03 bits per heavy atom. The van der Waals surface area contributed by atoms with Crippen LogP contribution in [-0.2, 0) is 26.2 Å². The van der Waals surface area contributed by atoms with Crippen molar-refractivity contribution in [3.63, 3.8) is 0 Å². The smallest absolute Gasteiger partial charge is 0.244 e. The number of rotatable bonds is 12. The van der Waals surface area contributed by atoms with Gasteiger partial charge in [-0.2, -0.15) is 0 Å². The molecule has 0 unspecified atom stereocenters. The van der Waals surface area contributed by atoms with Crippen molar-refractivity contribution in [1.82, 2.24) is 10.2 Å². The molecule has 0 radical (unpaired) electrons. The number of fused-ring (bicyclic) bond motifs is 1. The minimum absolute atomic E-state index is 0.0476. The lowest BCUT2D eigenvalue weighted by molar-refractivity contribution is -0.140. The standard InChI is InChI=1S/C27H37N3O6S/c1-6-20(5)28-27(32)23(7-2)29(16-21-11-9-10-19(4)14-21)26(31)17-30(37(33,34)8-3)22-12-13-24-25(15-22)36-18-35-24/h9-15,20,23H,6-8,16-18H2,1-5H3,(H,28,32)/t20-,23-/m1/s1. The monoisotopic (exact) mass is 531 g/mol. The maximum absolute atomic E-state index is 13.9. The summed E-state index contributed by atoms with van der Waals surface area (Å²) in [7, 11) is -3.83. The molecule has 202 valence electrons. The van der Waals surface area contributed by atoms with Crippen molar-refractivity contribution in [2.75, 3.05) is 23.4 Å². The molecule has 37 heavy (non-hydrogen) atoms. The first-order valence-corrected chi connectivity index (χ1v) is 14.3. The zero-order chi connectivity index (χ0) is 27.2. The molecule has 2 aromatic rings. The van der Waals surface area contributed by atoms with Gasteiger partial charge >= 0.3 is 0 Å². The molecule has 0 fully saturated rings. The number of carbonyl (C=O) groups excluding carboxylic acids is 2. The third kappa shape index (κ3) is 6.94. The van der Waals surface area contributed by atoms with Crippen LogP contribution in [0.4, 0.5) is 5.69 Å². The maximum Gasteiger partial charge on any atom is 0.244 e. The molecule has 0 spiro atoms. The summed E-state index contributed by atoms with van der Waals surface area (Å²) in [6.45, 7) is 8.98. The highest BCUT2D eigenvalue weighted by Crippen LogP contribution is 2.36. The molecule has 9 nitrogen and oxygen atoms in total. The Balaban J connectivity index is 1.97. The van der Waals surface area contributed by atoms with Crippen LogP contribution in [0, 0.1) is 6.92 Å². The molecule has 0 saturated carbocycles. The van der Waals surface area contributed by atoms with E-state index in [1.807, 2.05) is 52.0 Å². The zero-order valence-corrected chi connectivity index (χ0v) is 23.0.